The highest BCUT2D eigenvalue weighted by Crippen LogP contribution is 2.32. The van der Waals surface area contributed by atoms with Crippen molar-refractivity contribution in [3.8, 4) is 0 Å². The van der Waals surface area contributed by atoms with Crippen LogP contribution >= 0.6 is 27.3 Å². The Morgan fingerprint density at radius 2 is 2.06 bits per heavy atom. The number of nitrogens with one attached hydrogen (secondary N) is 1. The van der Waals surface area contributed by atoms with Crippen LogP contribution in [0.1, 0.15) is 5.56 Å². The smallest absolute Gasteiger partial charge is 0.332 e. The number of nitrogens with zero attached hydrogens (tertiary/aromatic N) is 1. The number of alkyl halides is 3. The van der Waals surface area contributed by atoms with Crippen LogP contribution in [0.25, 0.3) is 0 Å². The second-order valence-corrected chi connectivity index (χ2v) is 5.58. The zero-order valence-corrected chi connectivity index (χ0v) is 10.7. The van der Waals surface area contributed by atoms with Gasteiger partial charge in [-0.05, 0) is 34.1 Å². The third kappa shape index (κ3) is 3.19. The highest BCUT2D eigenvalue weighted by molar-refractivity contribution is 9.11. The molecule has 1 aromatic heterocycles. The Hall–Kier alpha value is -1.08. The molecule has 90 valence electrons. The molecule has 0 atom stereocenters. The molecule has 2 rings (SSSR count). The number of hydrogen-bond donors (Lipinski definition) is 1. The minimum absolute atomic E-state index is 0.363. The first-order valence-corrected chi connectivity index (χ1v) is 6.12. The fraction of sp³-hybridized carbons (Fsp3) is 0.100. The van der Waals surface area contributed by atoms with Crippen molar-refractivity contribution in [3.05, 3.63) is 39.8 Å². The Balaban J connectivity index is 2.22. The van der Waals surface area contributed by atoms with Crippen molar-refractivity contribution in [1.82, 2.24) is 4.98 Å². The summed E-state index contributed by atoms with van der Waals surface area (Å²) in [7, 11) is 0. The molecule has 0 spiro atoms. The van der Waals surface area contributed by atoms with Crippen molar-refractivity contribution in [1.29, 1.82) is 0 Å². The van der Waals surface area contributed by atoms with Crippen LogP contribution in [0.2, 0.25) is 0 Å². The molecule has 2 aromatic rings. The van der Waals surface area contributed by atoms with E-state index in [0.29, 0.717) is 10.8 Å². The second kappa shape index (κ2) is 4.66. The standard InChI is InChI=1S/C10H6BrF3N2S/c11-8-5-15-9(17-8)16-7-3-1-2-6(4-7)10(12,13)14/h1-5H,(H,15,16). The molecule has 1 aromatic carbocycles. The van der Waals surface area contributed by atoms with Crippen molar-refractivity contribution >= 4 is 38.1 Å². The van der Waals surface area contributed by atoms with Crippen molar-refractivity contribution in [2.24, 2.45) is 0 Å². The molecule has 0 saturated carbocycles. The van der Waals surface area contributed by atoms with E-state index in [1.165, 1.54) is 17.4 Å². The van der Waals surface area contributed by atoms with Crippen LogP contribution in [0.4, 0.5) is 24.0 Å². The molecule has 0 aliphatic rings. The fourth-order valence-corrected chi connectivity index (χ4v) is 2.34. The van der Waals surface area contributed by atoms with Crippen molar-refractivity contribution < 1.29 is 13.2 Å². The first-order chi connectivity index (χ1) is 7.95. The van der Waals surface area contributed by atoms with E-state index in [-0.39, 0.29) is 0 Å². The fourth-order valence-electron chi connectivity index (χ4n) is 1.21. The third-order valence-electron chi connectivity index (χ3n) is 1.92. The monoisotopic (exact) mass is 322 g/mol. The Morgan fingerprint density at radius 1 is 1.29 bits per heavy atom. The normalized spacial score (nSPS) is 11.5. The molecule has 1 heterocycles. The lowest BCUT2D eigenvalue weighted by Gasteiger charge is -2.08. The summed E-state index contributed by atoms with van der Waals surface area (Å²) in [6.07, 6.45) is -2.75. The summed E-state index contributed by atoms with van der Waals surface area (Å²) in [6, 6.07) is 5.00. The van der Waals surface area contributed by atoms with Crippen LogP contribution in [0.3, 0.4) is 0 Å². The van der Waals surface area contributed by atoms with E-state index in [1.807, 2.05) is 0 Å². The average Bonchev–Trinajstić information content (AvgIpc) is 2.63. The Morgan fingerprint density at radius 3 is 2.65 bits per heavy atom. The summed E-state index contributed by atoms with van der Waals surface area (Å²) >= 11 is 4.54. The van der Waals surface area contributed by atoms with Gasteiger partial charge in [-0.15, -0.1) is 0 Å². The average molecular weight is 323 g/mol. The van der Waals surface area contributed by atoms with Gasteiger partial charge in [-0.2, -0.15) is 13.2 Å². The van der Waals surface area contributed by atoms with Crippen LogP contribution in [0.5, 0.6) is 0 Å². The lowest BCUT2D eigenvalue weighted by Crippen LogP contribution is -2.05. The molecular formula is C10H6BrF3N2S. The summed E-state index contributed by atoms with van der Waals surface area (Å²) in [5.41, 5.74) is -0.320. The summed E-state index contributed by atoms with van der Waals surface area (Å²) in [6.45, 7) is 0. The van der Waals surface area contributed by atoms with Gasteiger partial charge in [0.2, 0.25) is 0 Å². The molecule has 2 nitrogen and oxygen atoms in total. The van der Waals surface area contributed by atoms with E-state index >= 15 is 0 Å². The highest BCUT2D eigenvalue weighted by Gasteiger charge is 2.30. The number of aromatic nitrogens is 1. The van der Waals surface area contributed by atoms with E-state index in [4.69, 9.17) is 0 Å². The number of thiazole rings is 1. The molecule has 17 heavy (non-hydrogen) atoms. The number of halogens is 4. The number of anilines is 2. The molecular weight excluding hydrogens is 317 g/mol. The van der Waals surface area contributed by atoms with E-state index in [9.17, 15) is 13.2 Å². The predicted octanol–water partition coefficient (Wildman–Crippen LogP) is 4.67. The topological polar surface area (TPSA) is 24.9 Å². The number of hydrogen-bond acceptors (Lipinski definition) is 3. The van der Waals surface area contributed by atoms with Gasteiger partial charge < -0.3 is 5.32 Å². The Labute approximate surface area is 108 Å². The summed E-state index contributed by atoms with van der Waals surface area (Å²) < 4.78 is 38.2. The van der Waals surface area contributed by atoms with E-state index < -0.39 is 11.7 Å². The molecule has 0 fully saturated rings. The molecule has 0 saturated heterocycles. The van der Waals surface area contributed by atoms with Crippen LogP contribution in [-0.2, 0) is 6.18 Å². The van der Waals surface area contributed by atoms with Gasteiger partial charge in [0.1, 0.15) is 0 Å². The zero-order chi connectivity index (χ0) is 12.5. The lowest BCUT2D eigenvalue weighted by atomic mass is 10.2. The van der Waals surface area contributed by atoms with E-state index in [2.05, 4.69) is 26.2 Å². The van der Waals surface area contributed by atoms with Gasteiger partial charge in [-0.25, -0.2) is 4.98 Å². The highest BCUT2D eigenvalue weighted by atomic mass is 79.9. The van der Waals surface area contributed by atoms with Crippen LogP contribution in [0, 0.1) is 0 Å². The van der Waals surface area contributed by atoms with Gasteiger partial charge in [-0.1, -0.05) is 17.4 Å². The van der Waals surface area contributed by atoms with Crippen LogP contribution in [-0.4, -0.2) is 4.98 Å². The second-order valence-electron chi connectivity index (χ2n) is 3.17. The van der Waals surface area contributed by atoms with E-state index in [0.717, 1.165) is 15.9 Å². The molecule has 0 bridgehead atoms. The van der Waals surface area contributed by atoms with Gasteiger partial charge in [0.05, 0.1) is 15.5 Å². The van der Waals surface area contributed by atoms with Gasteiger partial charge in [0.25, 0.3) is 0 Å². The molecule has 1 N–H and O–H groups in total. The largest absolute Gasteiger partial charge is 0.416 e. The lowest BCUT2D eigenvalue weighted by molar-refractivity contribution is -0.137. The maximum Gasteiger partial charge on any atom is 0.416 e. The molecule has 0 aliphatic heterocycles. The first kappa shape index (κ1) is 12.4. The number of benzene rings is 1. The van der Waals surface area contributed by atoms with Gasteiger partial charge in [-0.3, -0.25) is 0 Å². The Kier molecular flexibility index (Phi) is 3.39. The third-order valence-corrected chi connectivity index (χ3v) is 3.31. The van der Waals surface area contributed by atoms with Crippen molar-refractivity contribution in [3.63, 3.8) is 0 Å². The van der Waals surface area contributed by atoms with E-state index in [1.54, 1.807) is 12.3 Å². The van der Waals surface area contributed by atoms with Crippen LogP contribution < -0.4 is 5.32 Å². The van der Waals surface area contributed by atoms with Gasteiger partial charge >= 0.3 is 6.18 Å². The van der Waals surface area contributed by atoms with Crippen molar-refractivity contribution in [2.75, 3.05) is 5.32 Å². The SMILES string of the molecule is FC(F)(F)c1cccc(Nc2ncc(Br)s2)c1. The minimum Gasteiger partial charge on any atom is -0.332 e. The quantitative estimate of drug-likeness (QED) is 0.869. The molecule has 0 aliphatic carbocycles. The molecule has 0 amide bonds. The predicted molar refractivity (Wildman–Crippen MR) is 64.5 cm³/mol. The maximum absolute atomic E-state index is 12.5. The maximum atomic E-state index is 12.5. The first-order valence-electron chi connectivity index (χ1n) is 4.51. The van der Waals surface area contributed by atoms with Gasteiger partial charge in [0.15, 0.2) is 5.13 Å². The van der Waals surface area contributed by atoms with Crippen LogP contribution in [0.15, 0.2) is 34.2 Å². The molecule has 7 heteroatoms. The minimum atomic E-state index is -4.33. The Bertz CT molecular complexity index is 524. The summed E-state index contributed by atoms with van der Waals surface area (Å²) in [4.78, 5) is 3.98. The molecule has 0 radical (unpaired) electrons. The molecule has 0 unspecified atom stereocenters. The number of rotatable bonds is 2. The summed E-state index contributed by atoms with van der Waals surface area (Å²) in [5.74, 6) is 0. The van der Waals surface area contributed by atoms with Crippen molar-refractivity contribution in [2.45, 2.75) is 6.18 Å². The summed E-state index contributed by atoms with van der Waals surface area (Å²) in [5, 5.41) is 3.35. The van der Waals surface area contributed by atoms with Gasteiger partial charge in [0, 0.05) is 5.69 Å². The zero-order valence-electron chi connectivity index (χ0n) is 8.25.